The molecule has 1 aromatic carbocycles. The van der Waals surface area contributed by atoms with Gasteiger partial charge in [0.1, 0.15) is 11.4 Å². The molecular weight excluding hydrogens is 352 g/mol. The van der Waals surface area contributed by atoms with Gasteiger partial charge in [0.05, 0.1) is 27.2 Å². The van der Waals surface area contributed by atoms with Crippen LogP contribution in [0.2, 0.25) is 4.34 Å². The number of hydrogen-bond donors (Lipinski definition) is 0. The lowest BCUT2D eigenvalue weighted by Crippen LogP contribution is -2.05. The van der Waals surface area contributed by atoms with Gasteiger partial charge in [-0.15, -0.1) is 11.3 Å². The Balaban J connectivity index is 1.68. The molecule has 0 atom stereocenters. The zero-order chi connectivity index (χ0) is 17.4. The normalized spacial score (nSPS) is 11.4. The van der Waals surface area contributed by atoms with Crippen molar-refractivity contribution < 1.29 is 4.74 Å². The predicted molar refractivity (Wildman–Crippen MR) is 105 cm³/mol. The second-order valence-electron chi connectivity index (χ2n) is 6.08. The summed E-state index contributed by atoms with van der Waals surface area (Å²) in [5, 5.41) is 0. The zero-order valence-electron chi connectivity index (χ0n) is 13.9. The summed E-state index contributed by atoms with van der Waals surface area (Å²) in [4.78, 5) is 5.66. The maximum atomic E-state index is 6.06. The van der Waals surface area contributed by atoms with E-state index < -0.39 is 0 Å². The SMILES string of the molecule is CC(C)Oc1ccc(-c2ccn3c(-c4ccc(Cl)s4)cnc3c2)cc1. The fraction of sp³-hybridized carbons (Fsp3) is 0.150. The predicted octanol–water partition coefficient (Wildman–Crippen LogP) is 6.17. The highest BCUT2D eigenvalue weighted by atomic mass is 35.5. The summed E-state index contributed by atoms with van der Waals surface area (Å²) in [6.45, 7) is 4.05. The first-order valence-corrected chi connectivity index (χ1v) is 9.29. The van der Waals surface area contributed by atoms with Crippen molar-refractivity contribution >= 4 is 28.6 Å². The van der Waals surface area contributed by atoms with Gasteiger partial charge in [0, 0.05) is 6.20 Å². The third kappa shape index (κ3) is 3.28. The maximum Gasteiger partial charge on any atom is 0.137 e. The molecule has 0 unspecified atom stereocenters. The van der Waals surface area contributed by atoms with Gasteiger partial charge >= 0.3 is 0 Å². The Morgan fingerprint density at radius 3 is 2.52 bits per heavy atom. The number of halogens is 1. The van der Waals surface area contributed by atoms with Crippen molar-refractivity contribution in [3.05, 3.63) is 65.3 Å². The molecule has 3 heterocycles. The molecule has 0 amide bonds. The van der Waals surface area contributed by atoms with Crippen LogP contribution in [0.3, 0.4) is 0 Å². The third-order valence-electron chi connectivity index (χ3n) is 3.90. The van der Waals surface area contributed by atoms with Gasteiger partial charge in [0.15, 0.2) is 0 Å². The van der Waals surface area contributed by atoms with Crippen molar-refractivity contribution in [3.63, 3.8) is 0 Å². The van der Waals surface area contributed by atoms with Gasteiger partial charge in [-0.2, -0.15) is 0 Å². The molecule has 4 aromatic rings. The summed E-state index contributed by atoms with van der Waals surface area (Å²) in [6.07, 6.45) is 4.12. The summed E-state index contributed by atoms with van der Waals surface area (Å²) in [6, 6.07) is 16.3. The molecule has 3 nitrogen and oxygen atoms in total. The van der Waals surface area contributed by atoms with Gasteiger partial charge < -0.3 is 4.74 Å². The Kier molecular flexibility index (Phi) is 4.24. The van der Waals surface area contributed by atoms with Gasteiger partial charge in [-0.1, -0.05) is 23.7 Å². The summed E-state index contributed by atoms with van der Waals surface area (Å²) >= 11 is 7.61. The highest BCUT2D eigenvalue weighted by Crippen LogP contribution is 2.32. The summed E-state index contributed by atoms with van der Waals surface area (Å²) in [7, 11) is 0. The minimum Gasteiger partial charge on any atom is -0.491 e. The highest BCUT2D eigenvalue weighted by molar-refractivity contribution is 7.19. The van der Waals surface area contributed by atoms with Gasteiger partial charge in [0.2, 0.25) is 0 Å². The van der Waals surface area contributed by atoms with Crippen molar-refractivity contribution in [2.75, 3.05) is 0 Å². The van der Waals surface area contributed by atoms with Crippen LogP contribution in [0.25, 0.3) is 27.3 Å². The average molecular weight is 369 g/mol. The van der Waals surface area contributed by atoms with E-state index in [0.29, 0.717) is 0 Å². The molecule has 0 spiro atoms. The lowest BCUT2D eigenvalue weighted by Gasteiger charge is -2.10. The fourth-order valence-corrected chi connectivity index (χ4v) is 3.84. The van der Waals surface area contributed by atoms with E-state index in [1.807, 2.05) is 44.3 Å². The molecule has 0 saturated heterocycles. The number of rotatable bonds is 4. The number of pyridine rings is 1. The second kappa shape index (κ2) is 6.54. The number of hydrogen-bond acceptors (Lipinski definition) is 3. The van der Waals surface area contributed by atoms with E-state index in [2.05, 4.69) is 39.8 Å². The van der Waals surface area contributed by atoms with Gasteiger partial charge in [-0.25, -0.2) is 4.98 Å². The molecule has 25 heavy (non-hydrogen) atoms. The summed E-state index contributed by atoms with van der Waals surface area (Å²) in [5.74, 6) is 0.887. The molecule has 0 N–H and O–H groups in total. The van der Waals surface area contributed by atoms with Crippen LogP contribution in [0.1, 0.15) is 13.8 Å². The highest BCUT2D eigenvalue weighted by Gasteiger charge is 2.09. The molecule has 0 aliphatic carbocycles. The Hall–Kier alpha value is -2.30. The summed E-state index contributed by atoms with van der Waals surface area (Å²) in [5.41, 5.74) is 4.24. The first-order valence-electron chi connectivity index (χ1n) is 8.10. The molecule has 126 valence electrons. The van der Waals surface area contributed by atoms with Crippen molar-refractivity contribution in [1.82, 2.24) is 9.38 Å². The van der Waals surface area contributed by atoms with Crippen LogP contribution in [0.5, 0.6) is 5.75 Å². The van der Waals surface area contributed by atoms with Crippen LogP contribution in [0.15, 0.2) is 60.9 Å². The van der Waals surface area contributed by atoms with E-state index >= 15 is 0 Å². The number of fused-ring (bicyclic) bond motifs is 1. The Labute approximate surface area is 155 Å². The lowest BCUT2D eigenvalue weighted by atomic mass is 10.1. The van der Waals surface area contributed by atoms with Crippen molar-refractivity contribution in [2.45, 2.75) is 20.0 Å². The minimum absolute atomic E-state index is 0.177. The molecule has 0 saturated carbocycles. The van der Waals surface area contributed by atoms with E-state index in [1.165, 1.54) is 0 Å². The van der Waals surface area contributed by atoms with Crippen LogP contribution in [-0.2, 0) is 0 Å². The smallest absolute Gasteiger partial charge is 0.137 e. The van der Waals surface area contributed by atoms with Crippen molar-refractivity contribution in [1.29, 1.82) is 0 Å². The van der Waals surface area contributed by atoms with Crippen molar-refractivity contribution in [3.8, 4) is 27.4 Å². The molecule has 0 aliphatic heterocycles. The molecule has 5 heteroatoms. The van der Waals surface area contributed by atoms with Crippen LogP contribution in [0.4, 0.5) is 0 Å². The van der Waals surface area contributed by atoms with Crippen LogP contribution in [-0.4, -0.2) is 15.5 Å². The minimum atomic E-state index is 0.177. The van der Waals surface area contributed by atoms with Crippen LogP contribution in [0, 0.1) is 0 Å². The third-order valence-corrected chi connectivity index (χ3v) is 5.15. The quantitative estimate of drug-likeness (QED) is 0.430. The van der Waals surface area contributed by atoms with E-state index in [9.17, 15) is 0 Å². The number of thiophene rings is 1. The Morgan fingerprint density at radius 1 is 1.04 bits per heavy atom. The first kappa shape index (κ1) is 16.2. The second-order valence-corrected chi connectivity index (χ2v) is 7.80. The lowest BCUT2D eigenvalue weighted by molar-refractivity contribution is 0.242. The molecular formula is C20H17ClN2OS. The zero-order valence-corrected chi connectivity index (χ0v) is 15.5. The first-order chi connectivity index (χ1) is 12.1. The van der Waals surface area contributed by atoms with E-state index in [1.54, 1.807) is 11.3 Å². The van der Waals surface area contributed by atoms with Gasteiger partial charge in [-0.3, -0.25) is 4.40 Å². The fourth-order valence-electron chi connectivity index (χ4n) is 2.79. The molecule has 3 aromatic heterocycles. The number of ether oxygens (including phenoxy) is 1. The van der Waals surface area contributed by atoms with Gasteiger partial charge in [-0.05, 0) is 61.4 Å². The van der Waals surface area contributed by atoms with E-state index in [0.717, 1.165) is 37.4 Å². The van der Waals surface area contributed by atoms with E-state index in [4.69, 9.17) is 16.3 Å². The number of nitrogens with zero attached hydrogens (tertiary/aromatic N) is 2. The molecule has 0 bridgehead atoms. The van der Waals surface area contributed by atoms with Crippen molar-refractivity contribution in [2.24, 2.45) is 0 Å². The molecule has 0 fully saturated rings. The average Bonchev–Trinajstić information content (AvgIpc) is 3.20. The molecule has 0 radical (unpaired) electrons. The van der Waals surface area contributed by atoms with Crippen LogP contribution >= 0.6 is 22.9 Å². The Bertz CT molecular complexity index is 1020. The maximum absolute atomic E-state index is 6.06. The topological polar surface area (TPSA) is 26.5 Å². The monoisotopic (exact) mass is 368 g/mol. The number of aromatic nitrogens is 2. The number of imidazole rings is 1. The molecule has 4 rings (SSSR count). The van der Waals surface area contributed by atoms with Gasteiger partial charge in [0.25, 0.3) is 0 Å². The molecule has 0 aliphatic rings. The standard InChI is InChI=1S/C20H17ClN2OS/c1-13(2)24-16-5-3-14(4-6-16)15-9-10-23-17(12-22-20(23)11-15)18-7-8-19(21)25-18/h3-13H,1-2H3. The Morgan fingerprint density at radius 2 is 1.84 bits per heavy atom. The summed E-state index contributed by atoms with van der Waals surface area (Å²) < 4.78 is 8.57. The largest absolute Gasteiger partial charge is 0.491 e. The van der Waals surface area contributed by atoms with E-state index in [-0.39, 0.29) is 6.10 Å². The number of benzene rings is 1. The van der Waals surface area contributed by atoms with Crippen LogP contribution < -0.4 is 4.74 Å².